The number of nitrogens with zero attached hydrogens (tertiary/aromatic N) is 4. The van der Waals surface area contributed by atoms with Gasteiger partial charge in [0.1, 0.15) is 4.83 Å². The van der Waals surface area contributed by atoms with Crippen LogP contribution in [0.1, 0.15) is 37.7 Å². The Morgan fingerprint density at radius 3 is 2.53 bits per heavy atom. The molecule has 0 N–H and O–H groups in total. The topological polar surface area (TPSA) is 58.4 Å². The van der Waals surface area contributed by atoms with Crippen molar-refractivity contribution in [3.05, 3.63) is 51.9 Å². The van der Waals surface area contributed by atoms with Gasteiger partial charge in [0, 0.05) is 56.1 Å². The van der Waals surface area contributed by atoms with E-state index in [1.54, 1.807) is 10.9 Å². The number of amides is 1. The van der Waals surface area contributed by atoms with Crippen LogP contribution in [0.4, 0.5) is 0 Å². The molecule has 1 aliphatic heterocycles. The molecule has 1 saturated heterocycles. The number of piperazine rings is 1. The average molecular weight is 451 g/mol. The smallest absolute Gasteiger partial charge is 0.262 e. The Kier molecular flexibility index (Phi) is 6.11. The minimum Gasteiger partial charge on any atom is -0.340 e. The summed E-state index contributed by atoms with van der Waals surface area (Å²) in [6.07, 6.45) is 7.21. The monoisotopic (exact) mass is 450 g/mol. The molecule has 1 amide bonds. The molecule has 3 heterocycles. The Morgan fingerprint density at radius 1 is 1.09 bits per heavy atom. The van der Waals surface area contributed by atoms with Crippen LogP contribution in [0.2, 0.25) is 0 Å². The molecular formula is C25H30N4O2S. The first kappa shape index (κ1) is 21.3. The Labute approximate surface area is 192 Å². The highest BCUT2D eigenvalue weighted by Gasteiger charge is 2.27. The van der Waals surface area contributed by atoms with Crippen molar-refractivity contribution in [2.45, 2.75) is 51.6 Å². The third-order valence-corrected chi connectivity index (χ3v) is 7.88. The van der Waals surface area contributed by atoms with Crippen molar-refractivity contribution in [3.63, 3.8) is 0 Å². The predicted octanol–water partition coefficient (Wildman–Crippen LogP) is 3.91. The molecule has 2 aliphatic rings. The zero-order chi connectivity index (χ0) is 22.1. The maximum atomic E-state index is 13.2. The first-order valence-corrected chi connectivity index (χ1v) is 12.5. The second-order valence-corrected chi connectivity index (χ2v) is 9.90. The quantitative estimate of drug-likeness (QED) is 0.591. The number of thiophene rings is 1. The van der Waals surface area contributed by atoms with Gasteiger partial charge in [0.25, 0.3) is 5.56 Å². The van der Waals surface area contributed by atoms with Crippen molar-refractivity contribution >= 4 is 27.5 Å². The van der Waals surface area contributed by atoms with Crippen molar-refractivity contribution in [1.82, 2.24) is 19.4 Å². The summed E-state index contributed by atoms with van der Waals surface area (Å²) in [5, 5.41) is 2.65. The van der Waals surface area contributed by atoms with Crippen LogP contribution in [0.15, 0.2) is 40.8 Å². The van der Waals surface area contributed by atoms with Gasteiger partial charge in [-0.1, -0.05) is 42.7 Å². The van der Waals surface area contributed by atoms with Gasteiger partial charge in [0.15, 0.2) is 0 Å². The van der Waals surface area contributed by atoms with Gasteiger partial charge in [-0.2, -0.15) is 0 Å². The van der Waals surface area contributed by atoms with Gasteiger partial charge in [-0.3, -0.25) is 19.1 Å². The maximum absolute atomic E-state index is 13.2. The summed E-state index contributed by atoms with van der Waals surface area (Å²) in [6, 6.07) is 8.92. The molecule has 168 valence electrons. The fourth-order valence-corrected chi connectivity index (χ4v) is 5.96. The van der Waals surface area contributed by atoms with Crippen molar-refractivity contribution in [3.8, 4) is 11.1 Å². The molecule has 0 radical (unpaired) electrons. The lowest BCUT2D eigenvalue weighted by molar-refractivity contribution is -0.133. The second-order valence-electron chi connectivity index (χ2n) is 9.04. The number of benzene rings is 1. The van der Waals surface area contributed by atoms with Crippen LogP contribution in [0.5, 0.6) is 0 Å². The van der Waals surface area contributed by atoms with Gasteiger partial charge in [-0.25, -0.2) is 4.98 Å². The Bertz CT molecular complexity index is 1150. The molecule has 2 aromatic heterocycles. The molecule has 0 spiro atoms. The third kappa shape index (κ3) is 4.24. The van der Waals surface area contributed by atoms with Gasteiger partial charge in [-0.15, -0.1) is 11.3 Å². The largest absolute Gasteiger partial charge is 0.340 e. The molecule has 1 saturated carbocycles. The zero-order valence-electron chi connectivity index (χ0n) is 18.6. The lowest BCUT2D eigenvalue weighted by Gasteiger charge is -2.38. The molecule has 1 aromatic carbocycles. The van der Waals surface area contributed by atoms with E-state index in [4.69, 9.17) is 0 Å². The average Bonchev–Trinajstić information content (AvgIpc) is 3.50. The number of aromatic nitrogens is 2. The van der Waals surface area contributed by atoms with E-state index in [2.05, 4.69) is 28.9 Å². The van der Waals surface area contributed by atoms with E-state index in [-0.39, 0.29) is 11.5 Å². The Morgan fingerprint density at radius 2 is 1.81 bits per heavy atom. The number of aryl methyl sites for hydroxylation is 2. The number of carbonyl (C=O) groups excluding carboxylic acids is 1. The van der Waals surface area contributed by atoms with Crippen LogP contribution < -0.4 is 5.56 Å². The summed E-state index contributed by atoms with van der Waals surface area (Å²) in [6.45, 7) is 5.95. The summed E-state index contributed by atoms with van der Waals surface area (Å²) < 4.78 is 1.60. The van der Waals surface area contributed by atoms with Crippen molar-refractivity contribution in [2.24, 2.45) is 0 Å². The highest BCUT2D eigenvalue weighted by molar-refractivity contribution is 7.17. The van der Waals surface area contributed by atoms with Crippen molar-refractivity contribution in [2.75, 3.05) is 26.2 Å². The van der Waals surface area contributed by atoms with Crippen LogP contribution >= 0.6 is 11.3 Å². The number of hydrogen-bond acceptors (Lipinski definition) is 5. The molecule has 2 fully saturated rings. The van der Waals surface area contributed by atoms with Gasteiger partial charge in [-0.05, 0) is 25.3 Å². The minimum atomic E-state index is -0.0642. The molecule has 0 bridgehead atoms. The normalized spacial score (nSPS) is 18.0. The third-order valence-electron chi connectivity index (χ3n) is 7.00. The van der Waals surface area contributed by atoms with Gasteiger partial charge < -0.3 is 4.90 Å². The number of rotatable bonds is 5. The number of hydrogen-bond donors (Lipinski definition) is 0. The van der Waals surface area contributed by atoms with E-state index in [0.29, 0.717) is 18.4 Å². The standard InChI is InChI=1S/C25H30N4O2S/c1-18-6-8-19(9-7-18)21-16-32-24-23(21)25(31)29(17-26-24)11-10-22(30)28-14-12-27(13-15-28)20-4-2-3-5-20/h6-9,16-17,20H,2-5,10-15H2,1H3. The molecule has 3 aromatic rings. The van der Waals surface area contributed by atoms with Gasteiger partial charge in [0.2, 0.25) is 5.91 Å². The van der Waals surface area contributed by atoms with Gasteiger partial charge in [0.05, 0.1) is 11.7 Å². The Hall–Kier alpha value is -2.51. The maximum Gasteiger partial charge on any atom is 0.262 e. The van der Waals surface area contributed by atoms with E-state index in [0.717, 1.165) is 48.2 Å². The summed E-state index contributed by atoms with van der Waals surface area (Å²) in [7, 11) is 0. The second kappa shape index (κ2) is 9.16. The highest BCUT2D eigenvalue weighted by atomic mass is 32.1. The highest BCUT2D eigenvalue weighted by Crippen LogP contribution is 2.30. The molecule has 32 heavy (non-hydrogen) atoms. The fourth-order valence-electron chi connectivity index (χ4n) is 5.05. The molecular weight excluding hydrogens is 420 g/mol. The van der Waals surface area contributed by atoms with Crippen LogP contribution in [0.3, 0.4) is 0 Å². The minimum absolute atomic E-state index is 0.0642. The van der Waals surface area contributed by atoms with Crippen LogP contribution in [0, 0.1) is 6.92 Å². The molecule has 7 heteroatoms. The number of fused-ring (bicyclic) bond motifs is 1. The summed E-state index contributed by atoms with van der Waals surface area (Å²) >= 11 is 1.49. The summed E-state index contributed by atoms with van der Waals surface area (Å²) in [4.78, 5) is 35.8. The molecule has 6 nitrogen and oxygen atoms in total. The predicted molar refractivity (Wildman–Crippen MR) is 129 cm³/mol. The van der Waals surface area contributed by atoms with Gasteiger partial charge >= 0.3 is 0 Å². The molecule has 0 atom stereocenters. The van der Waals surface area contributed by atoms with E-state index in [1.165, 1.54) is 42.6 Å². The summed E-state index contributed by atoms with van der Waals surface area (Å²) in [5.41, 5.74) is 3.07. The summed E-state index contributed by atoms with van der Waals surface area (Å²) in [5.74, 6) is 0.132. The number of carbonyl (C=O) groups is 1. The van der Waals surface area contributed by atoms with E-state index < -0.39 is 0 Å². The lowest BCUT2D eigenvalue weighted by atomic mass is 10.1. The molecule has 1 aliphatic carbocycles. The van der Waals surface area contributed by atoms with Crippen molar-refractivity contribution in [1.29, 1.82) is 0 Å². The van der Waals surface area contributed by atoms with E-state index in [9.17, 15) is 9.59 Å². The Balaban J connectivity index is 1.26. The lowest BCUT2D eigenvalue weighted by Crippen LogP contribution is -2.51. The zero-order valence-corrected chi connectivity index (χ0v) is 19.4. The van der Waals surface area contributed by atoms with E-state index >= 15 is 0 Å². The van der Waals surface area contributed by atoms with E-state index in [1.807, 2.05) is 22.4 Å². The van der Waals surface area contributed by atoms with Crippen LogP contribution in [0.25, 0.3) is 21.3 Å². The fraction of sp³-hybridized carbons (Fsp3) is 0.480. The molecule has 5 rings (SSSR count). The van der Waals surface area contributed by atoms with Crippen molar-refractivity contribution < 1.29 is 4.79 Å². The molecule has 0 unspecified atom stereocenters. The van der Waals surface area contributed by atoms with Crippen LogP contribution in [-0.2, 0) is 11.3 Å². The van der Waals surface area contributed by atoms with Crippen LogP contribution in [-0.4, -0.2) is 57.5 Å². The SMILES string of the molecule is Cc1ccc(-c2csc3ncn(CCC(=O)N4CCN(C5CCCC5)CC4)c(=O)c23)cc1. The first-order chi connectivity index (χ1) is 15.6. The first-order valence-electron chi connectivity index (χ1n) is 11.7.